The van der Waals surface area contributed by atoms with E-state index >= 15 is 0 Å². The number of ether oxygens (including phenoxy) is 1. The van der Waals surface area contributed by atoms with E-state index in [4.69, 9.17) is 14.7 Å². The molecule has 232 valence electrons. The molecule has 5 heterocycles. The van der Waals surface area contributed by atoms with E-state index in [2.05, 4.69) is 0 Å². The summed E-state index contributed by atoms with van der Waals surface area (Å²) in [6.45, 7) is 0. The fourth-order valence-corrected chi connectivity index (χ4v) is 7.94. The predicted molar refractivity (Wildman–Crippen MR) is 172 cm³/mol. The van der Waals surface area contributed by atoms with Gasteiger partial charge in [0.15, 0.2) is 34.9 Å². The van der Waals surface area contributed by atoms with Gasteiger partial charge in [0.2, 0.25) is 0 Å². The van der Waals surface area contributed by atoms with Gasteiger partial charge in [-0.25, -0.2) is 36.3 Å². The van der Waals surface area contributed by atoms with Crippen LogP contribution in [0.5, 0.6) is 5.75 Å². The Bertz CT molecular complexity index is 2870. The first-order chi connectivity index (χ1) is 23.2. The summed E-state index contributed by atoms with van der Waals surface area (Å²) in [5, 5.41) is 3.44. The van der Waals surface area contributed by atoms with Crippen molar-refractivity contribution in [3.8, 4) is 5.75 Å². The zero-order valence-corrected chi connectivity index (χ0v) is 25.2. The largest absolute Gasteiger partial charge is 0.450 e. The second kappa shape index (κ2) is 9.29. The standard InChI is InChI=1S/C35H15BF6N4OS/c36-30-16-11-27-15-6-22(38)24(40)8-18(15)33-44-34-20-10-26(42)25(41)9-19(20)32(43-31(30)17-7-23(39)21(37)5-14(16)17)46(34)35(45(27)33)47-28-12-48-29-4-2-1-3-13(28)29/h1-12,35H,36H2/b16-11-,27-11?,43-31?,43-32-. The molecular weight excluding hydrogens is 649 g/mol. The van der Waals surface area contributed by atoms with Gasteiger partial charge in [0.05, 0.1) is 11.4 Å². The van der Waals surface area contributed by atoms with Gasteiger partial charge in [-0.1, -0.05) is 17.6 Å². The minimum Gasteiger partial charge on any atom is -0.450 e. The van der Waals surface area contributed by atoms with Crippen LogP contribution in [0, 0.1) is 34.9 Å². The zero-order valence-electron chi connectivity index (χ0n) is 24.4. The number of nitrogens with zero attached hydrogens (tertiary/aromatic N) is 4. The summed E-state index contributed by atoms with van der Waals surface area (Å²) in [5.41, 5.74) is 2.36. The lowest BCUT2D eigenvalue weighted by Crippen LogP contribution is -2.41. The minimum absolute atomic E-state index is 0.104. The van der Waals surface area contributed by atoms with Crippen molar-refractivity contribution in [2.45, 2.75) is 6.35 Å². The molecule has 13 heteroatoms. The Morgan fingerprint density at radius 3 is 2.00 bits per heavy atom. The molecule has 0 radical (unpaired) electrons. The van der Waals surface area contributed by atoms with E-state index in [0.717, 1.165) is 46.5 Å². The van der Waals surface area contributed by atoms with E-state index in [0.29, 0.717) is 28.1 Å². The number of allylic oxidation sites excluding steroid dienone is 2. The summed E-state index contributed by atoms with van der Waals surface area (Å²) in [6.07, 6.45) is 0.482. The summed E-state index contributed by atoms with van der Waals surface area (Å²) in [7, 11) is 1.72. The highest BCUT2D eigenvalue weighted by Gasteiger charge is 2.36. The molecule has 7 aromatic rings. The number of thiophene rings is 1. The lowest BCUT2D eigenvalue weighted by molar-refractivity contribution is 0.0937. The van der Waals surface area contributed by atoms with Crippen molar-refractivity contribution in [1.29, 1.82) is 0 Å². The molecule has 1 atom stereocenters. The van der Waals surface area contributed by atoms with Crippen LogP contribution in [0.3, 0.4) is 0 Å². The molecule has 0 fully saturated rings. The molecule has 2 aliphatic heterocycles. The van der Waals surface area contributed by atoms with Crippen molar-refractivity contribution in [2.75, 3.05) is 0 Å². The first kappa shape index (κ1) is 27.5. The van der Waals surface area contributed by atoms with Crippen molar-refractivity contribution >= 4 is 74.0 Å². The lowest BCUT2D eigenvalue weighted by Gasteiger charge is -2.28. The number of rotatable bonds is 2. The Morgan fingerprint density at radius 1 is 0.667 bits per heavy atom. The molecular formula is C35H15BF6N4OS. The minimum atomic E-state index is -1.19. The van der Waals surface area contributed by atoms with Gasteiger partial charge in [-0.3, -0.25) is 9.13 Å². The van der Waals surface area contributed by atoms with Crippen LogP contribution in [-0.2, 0) is 0 Å². The normalized spacial score (nSPS) is 17.8. The highest BCUT2D eigenvalue weighted by Crippen LogP contribution is 2.47. The Balaban J connectivity index is 1.45. The van der Waals surface area contributed by atoms with Crippen molar-refractivity contribution in [3.05, 3.63) is 134 Å². The van der Waals surface area contributed by atoms with Crippen LogP contribution in [0.25, 0.3) is 49.0 Å². The average Bonchev–Trinajstić information content (AvgIpc) is 3.76. The smallest absolute Gasteiger partial charge is 0.265 e. The quantitative estimate of drug-likeness (QED) is 0.140. The molecule has 0 amide bonds. The summed E-state index contributed by atoms with van der Waals surface area (Å²) in [5.74, 6) is -6.05. The molecule has 10 rings (SSSR count). The summed E-state index contributed by atoms with van der Waals surface area (Å²) in [4.78, 5) is 9.81. The second-order valence-corrected chi connectivity index (χ2v) is 12.7. The Kier molecular flexibility index (Phi) is 5.33. The van der Waals surface area contributed by atoms with Gasteiger partial charge in [-0.2, -0.15) is 0 Å². The highest BCUT2D eigenvalue weighted by atomic mass is 32.1. The number of benzene rings is 4. The highest BCUT2D eigenvalue weighted by molar-refractivity contribution is 7.17. The first-order valence-corrected chi connectivity index (χ1v) is 15.6. The van der Waals surface area contributed by atoms with Crippen molar-refractivity contribution in [1.82, 2.24) is 9.13 Å². The van der Waals surface area contributed by atoms with Crippen LogP contribution in [-0.4, -0.2) is 17.0 Å². The topological polar surface area (TPSA) is 43.8 Å². The monoisotopic (exact) mass is 664 g/mol. The van der Waals surface area contributed by atoms with Gasteiger partial charge in [0.25, 0.3) is 6.35 Å². The van der Waals surface area contributed by atoms with E-state index in [1.165, 1.54) is 11.3 Å². The Morgan fingerprint density at radius 2 is 1.27 bits per heavy atom. The zero-order chi connectivity index (χ0) is 32.7. The van der Waals surface area contributed by atoms with Gasteiger partial charge in [-0.15, -0.1) is 11.3 Å². The molecule has 0 saturated heterocycles. The van der Waals surface area contributed by atoms with Crippen LogP contribution in [0.2, 0.25) is 0 Å². The van der Waals surface area contributed by atoms with Crippen LogP contribution in [0.4, 0.5) is 32.2 Å². The maximum absolute atomic E-state index is 15.0. The van der Waals surface area contributed by atoms with Gasteiger partial charge in [0.1, 0.15) is 30.4 Å². The molecule has 0 saturated carbocycles. The Labute approximate surface area is 270 Å². The van der Waals surface area contributed by atoms with Crippen molar-refractivity contribution in [3.63, 3.8) is 0 Å². The van der Waals surface area contributed by atoms with E-state index < -0.39 is 41.3 Å². The molecule has 48 heavy (non-hydrogen) atoms. The third-order valence-electron chi connectivity index (χ3n) is 9.26. The predicted octanol–water partition coefficient (Wildman–Crippen LogP) is 7.48. The van der Waals surface area contributed by atoms with Crippen molar-refractivity contribution < 1.29 is 31.1 Å². The molecule has 3 aromatic heterocycles. The summed E-state index contributed by atoms with van der Waals surface area (Å²) in [6, 6.07) is 13.7. The number of fused-ring (bicyclic) bond motifs is 11. The fourth-order valence-electron chi connectivity index (χ4n) is 7.07. The number of hydrogen-bond donors (Lipinski definition) is 0. The molecule has 1 unspecified atom stereocenters. The number of aromatic nitrogens is 2. The molecule has 4 bridgehead atoms. The van der Waals surface area contributed by atoms with E-state index in [-0.39, 0.29) is 49.6 Å². The average molecular weight is 664 g/mol. The molecule has 3 aliphatic rings. The van der Waals surface area contributed by atoms with Gasteiger partial charge < -0.3 is 4.74 Å². The SMILES string of the molecule is BC1=C2/N=c3/c4cc(F)c(F)cc4c4n3C(Oc3csc5ccccc35)n3c(c5cc(F)c(F)cc5c3N=4)/C=C1/c1cc(F)c(F)cc12. The lowest BCUT2D eigenvalue weighted by atomic mass is 9.87. The van der Waals surface area contributed by atoms with E-state index in [1.54, 1.807) is 23.1 Å². The fraction of sp³-hybridized carbons (Fsp3) is 0.0286. The summed E-state index contributed by atoms with van der Waals surface area (Å²) < 4.78 is 100. The molecule has 1 aliphatic carbocycles. The Hall–Kier alpha value is -5.56. The number of hydrogen-bond acceptors (Lipinski definition) is 4. The second-order valence-electron chi connectivity index (χ2n) is 11.8. The maximum Gasteiger partial charge on any atom is 0.265 e. The molecule has 0 spiro atoms. The third-order valence-corrected chi connectivity index (χ3v) is 10.2. The van der Waals surface area contributed by atoms with Gasteiger partial charge >= 0.3 is 0 Å². The summed E-state index contributed by atoms with van der Waals surface area (Å²) >= 11 is 1.44. The number of halogens is 6. The van der Waals surface area contributed by atoms with Crippen LogP contribution < -0.4 is 15.7 Å². The molecule has 5 nitrogen and oxygen atoms in total. The van der Waals surface area contributed by atoms with E-state index in [1.807, 2.05) is 29.6 Å². The molecule has 0 N–H and O–H groups in total. The van der Waals surface area contributed by atoms with Gasteiger partial charge in [0, 0.05) is 42.6 Å². The molecule has 4 aromatic carbocycles. The van der Waals surface area contributed by atoms with Crippen molar-refractivity contribution in [2.24, 2.45) is 9.98 Å². The van der Waals surface area contributed by atoms with Gasteiger partial charge in [-0.05, 0) is 65.7 Å². The van der Waals surface area contributed by atoms with E-state index in [9.17, 15) is 26.3 Å². The van der Waals surface area contributed by atoms with Crippen LogP contribution in [0.15, 0.2) is 81.5 Å². The maximum atomic E-state index is 15.0. The third kappa shape index (κ3) is 3.48. The van der Waals surface area contributed by atoms with Crippen LogP contribution >= 0.6 is 11.3 Å². The van der Waals surface area contributed by atoms with Crippen LogP contribution in [0.1, 0.15) is 23.2 Å². The first-order valence-electron chi connectivity index (χ1n) is 14.7.